The van der Waals surface area contributed by atoms with Crippen LogP contribution >= 0.6 is 24.0 Å². The SMILES string of the molecule is Cl.O=C(NCC(c1cccc(Cl)c1)N1CCCC1)C1CCCN1. The molecule has 3 rings (SSSR count). The number of benzene rings is 1. The predicted molar refractivity (Wildman–Crippen MR) is 96.3 cm³/mol. The van der Waals surface area contributed by atoms with Gasteiger partial charge in [0.25, 0.3) is 0 Å². The minimum atomic E-state index is -0.0152. The Hall–Kier alpha value is -0.810. The van der Waals surface area contributed by atoms with Gasteiger partial charge in [0, 0.05) is 11.6 Å². The summed E-state index contributed by atoms with van der Waals surface area (Å²) < 4.78 is 0. The van der Waals surface area contributed by atoms with Crippen LogP contribution in [0.5, 0.6) is 0 Å². The highest BCUT2D eigenvalue weighted by Crippen LogP contribution is 2.26. The maximum atomic E-state index is 12.2. The number of nitrogens with zero attached hydrogens (tertiary/aromatic N) is 1. The lowest BCUT2D eigenvalue weighted by molar-refractivity contribution is -0.123. The van der Waals surface area contributed by atoms with Crippen molar-refractivity contribution in [1.29, 1.82) is 0 Å². The average Bonchev–Trinajstić information content (AvgIpc) is 3.21. The molecule has 0 spiro atoms. The summed E-state index contributed by atoms with van der Waals surface area (Å²) in [4.78, 5) is 14.7. The van der Waals surface area contributed by atoms with Crippen LogP contribution in [-0.4, -0.2) is 43.0 Å². The maximum Gasteiger partial charge on any atom is 0.237 e. The van der Waals surface area contributed by atoms with Gasteiger partial charge in [0.05, 0.1) is 12.1 Å². The van der Waals surface area contributed by atoms with Gasteiger partial charge < -0.3 is 10.6 Å². The molecule has 0 aliphatic carbocycles. The van der Waals surface area contributed by atoms with Crippen molar-refractivity contribution in [1.82, 2.24) is 15.5 Å². The molecule has 0 radical (unpaired) electrons. The molecule has 128 valence electrons. The van der Waals surface area contributed by atoms with E-state index in [9.17, 15) is 4.79 Å². The summed E-state index contributed by atoms with van der Waals surface area (Å²) in [6.07, 6.45) is 4.49. The molecule has 6 heteroatoms. The van der Waals surface area contributed by atoms with Gasteiger partial charge in [-0.25, -0.2) is 0 Å². The van der Waals surface area contributed by atoms with Crippen LogP contribution < -0.4 is 10.6 Å². The molecule has 23 heavy (non-hydrogen) atoms. The van der Waals surface area contributed by atoms with Crippen molar-refractivity contribution in [2.24, 2.45) is 0 Å². The summed E-state index contributed by atoms with van der Waals surface area (Å²) in [5.74, 6) is 0.128. The minimum Gasteiger partial charge on any atom is -0.353 e. The molecule has 4 nitrogen and oxygen atoms in total. The second-order valence-corrected chi connectivity index (χ2v) is 6.64. The van der Waals surface area contributed by atoms with Gasteiger partial charge in [-0.2, -0.15) is 0 Å². The van der Waals surface area contributed by atoms with E-state index in [-0.39, 0.29) is 30.4 Å². The van der Waals surface area contributed by atoms with Crippen LogP contribution in [0.4, 0.5) is 0 Å². The Morgan fingerprint density at radius 1 is 1.35 bits per heavy atom. The fraction of sp³-hybridized carbons (Fsp3) is 0.588. The molecule has 2 aliphatic heterocycles. The van der Waals surface area contributed by atoms with Gasteiger partial charge in [-0.1, -0.05) is 23.7 Å². The Morgan fingerprint density at radius 2 is 2.13 bits per heavy atom. The van der Waals surface area contributed by atoms with Gasteiger partial charge in [-0.15, -0.1) is 12.4 Å². The number of nitrogens with one attached hydrogen (secondary N) is 2. The van der Waals surface area contributed by atoms with Crippen molar-refractivity contribution in [3.63, 3.8) is 0 Å². The highest BCUT2D eigenvalue weighted by atomic mass is 35.5. The summed E-state index contributed by atoms with van der Waals surface area (Å²) in [5, 5.41) is 7.14. The van der Waals surface area contributed by atoms with E-state index >= 15 is 0 Å². The van der Waals surface area contributed by atoms with Gasteiger partial charge in [0.1, 0.15) is 0 Å². The fourth-order valence-corrected chi connectivity index (χ4v) is 3.65. The number of carbonyl (C=O) groups is 1. The highest BCUT2D eigenvalue weighted by molar-refractivity contribution is 6.30. The molecule has 2 N–H and O–H groups in total. The van der Waals surface area contributed by atoms with Gasteiger partial charge in [-0.05, 0) is 63.0 Å². The van der Waals surface area contributed by atoms with Crippen molar-refractivity contribution < 1.29 is 4.79 Å². The normalized spacial score (nSPS) is 22.6. The summed E-state index contributed by atoms with van der Waals surface area (Å²) in [6.45, 7) is 3.78. The second kappa shape index (κ2) is 8.88. The van der Waals surface area contributed by atoms with Gasteiger partial charge in [-0.3, -0.25) is 9.69 Å². The number of hydrogen-bond acceptors (Lipinski definition) is 3. The first kappa shape index (κ1) is 18.5. The average molecular weight is 358 g/mol. The van der Waals surface area contributed by atoms with Crippen molar-refractivity contribution >= 4 is 29.9 Å². The molecule has 2 unspecified atom stereocenters. The first-order valence-corrected chi connectivity index (χ1v) is 8.62. The largest absolute Gasteiger partial charge is 0.353 e. The smallest absolute Gasteiger partial charge is 0.237 e. The number of halogens is 2. The van der Waals surface area contributed by atoms with Crippen molar-refractivity contribution in [3.8, 4) is 0 Å². The zero-order valence-electron chi connectivity index (χ0n) is 13.3. The van der Waals surface area contributed by atoms with E-state index in [0.717, 1.165) is 37.5 Å². The number of carbonyl (C=O) groups excluding carboxylic acids is 1. The molecular weight excluding hydrogens is 333 g/mol. The van der Waals surface area contributed by atoms with E-state index in [4.69, 9.17) is 11.6 Å². The lowest BCUT2D eigenvalue weighted by atomic mass is 10.1. The summed E-state index contributed by atoms with van der Waals surface area (Å²) in [5.41, 5.74) is 1.19. The molecule has 0 saturated carbocycles. The summed E-state index contributed by atoms with van der Waals surface area (Å²) in [6, 6.07) is 8.21. The Labute approximate surface area is 149 Å². The molecule has 2 aliphatic rings. The molecule has 0 bridgehead atoms. The third-order valence-electron chi connectivity index (χ3n) is 4.66. The summed E-state index contributed by atoms with van der Waals surface area (Å²) >= 11 is 6.15. The van der Waals surface area contributed by atoms with Gasteiger partial charge >= 0.3 is 0 Å². The zero-order chi connectivity index (χ0) is 15.4. The highest BCUT2D eigenvalue weighted by Gasteiger charge is 2.26. The topological polar surface area (TPSA) is 44.4 Å². The Balaban J connectivity index is 0.00000192. The zero-order valence-corrected chi connectivity index (χ0v) is 14.8. The monoisotopic (exact) mass is 357 g/mol. The van der Waals surface area contributed by atoms with Crippen LogP contribution in [0.2, 0.25) is 5.02 Å². The van der Waals surface area contributed by atoms with Crippen LogP contribution in [0.25, 0.3) is 0 Å². The van der Waals surface area contributed by atoms with Crippen LogP contribution in [0.15, 0.2) is 24.3 Å². The van der Waals surface area contributed by atoms with Crippen molar-refractivity contribution in [2.75, 3.05) is 26.2 Å². The number of likely N-dealkylation sites (tertiary alicyclic amines) is 1. The molecule has 1 aromatic rings. The second-order valence-electron chi connectivity index (χ2n) is 6.21. The quantitative estimate of drug-likeness (QED) is 0.851. The van der Waals surface area contributed by atoms with E-state index in [1.807, 2.05) is 18.2 Å². The Morgan fingerprint density at radius 3 is 2.78 bits per heavy atom. The fourth-order valence-electron chi connectivity index (χ4n) is 3.45. The van der Waals surface area contributed by atoms with Crippen molar-refractivity contribution in [2.45, 2.75) is 37.8 Å². The van der Waals surface area contributed by atoms with Crippen molar-refractivity contribution in [3.05, 3.63) is 34.9 Å². The molecule has 1 amide bonds. The Kier molecular flexibility index (Phi) is 7.15. The molecule has 2 fully saturated rings. The molecule has 2 heterocycles. The Bertz CT molecular complexity index is 514. The lowest BCUT2D eigenvalue weighted by Gasteiger charge is -2.28. The van der Waals surface area contributed by atoms with Crippen LogP contribution in [0, 0.1) is 0 Å². The molecule has 2 atom stereocenters. The third-order valence-corrected chi connectivity index (χ3v) is 4.90. The standard InChI is InChI=1S/C17H24ClN3O.ClH/c18-14-6-3-5-13(11-14)16(21-9-1-2-10-21)12-20-17(22)15-7-4-8-19-15;/h3,5-6,11,15-16,19H,1-2,4,7-10,12H2,(H,20,22);1H. The van der Waals surface area contributed by atoms with Crippen LogP contribution in [0.1, 0.15) is 37.3 Å². The van der Waals surface area contributed by atoms with Gasteiger partial charge in [0.2, 0.25) is 5.91 Å². The molecule has 0 aromatic heterocycles. The molecule has 2 saturated heterocycles. The van der Waals surface area contributed by atoms with Crippen LogP contribution in [-0.2, 0) is 4.79 Å². The van der Waals surface area contributed by atoms with E-state index in [2.05, 4.69) is 21.6 Å². The number of rotatable bonds is 5. The van der Waals surface area contributed by atoms with E-state index in [1.54, 1.807) is 0 Å². The minimum absolute atomic E-state index is 0. The molecule has 1 aromatic carbocycles. The maximum absolute atomic E-state index is 12.2. The number of amides is 1. The van der Waals surface area contributed by atoms with E-state index < -0.39 is 0 Å². The number of hydrogen-bond donors (Lipinski definition) is 2. The third kappa shape index (κ3) is 4.83. The predicted octanol–water partition coefficient (Wildman–Crippen LogP) is 2.77. The van der Waals surface area contributed by atoms with E-state index in [0.29, 0.717) is 6.54 Å². The lowest BCUT2D eigenvalue weighted by Crippen LogP contribution is -2.44. The first-order chi connectivity index (χ1) is 10.7. The summed E-state index contributed by atoms with van der Waals surface area (Å²) in [7, 11) is 0. The van der Waals surface area contributed by atoms with E-state index in [1.165, 1.54) is 18.4 Å². The first-order valence-electron chi connectivity index (χ1n) is 8.24. The van der Waals surface area contributed by atoms with Crippen LogP contribution in [0.3, 0.4) is 0 Å². The molecular formula is C17H25Cl2N3O. The van der Waals surface area contributed by atoms with Gasteiger partial charge in [0.15, 0.2) is 0 Å².